The molecule has 0 bridgehead atoms. The molecule has 13 N–H and O–H groups in total. The number of nitrogens with one attached hydrogen (secondary N) is 6. The van der Waals surface area contributed by atoms with Crippen LogP contribution in [-0.4, -0.2) is 147 Å². The highest BCUT2D eigenvalue weighted by atomic mass is 35.5. The van der Waals surface area contributed by atoms with Gasteiger partial charge in [-0.3, -0.25) is 34.2 Å². The van der Waals surface area contributed by atoms with Gasteiger partial charge in [0.15, 0.2) is 5.75 Å². The topological polar surface area (TPSA) is 506 Å². The molecule has 0 atom stereocenters. The number of piperazine rings is 1. The highest BCUT2D eigenvalue weighted by molar-refractivity contribution is 7.95. The summed E-state index contributed by atoms with van der Waals surface area (Å²) in [7, 11) is -13.3. The average molecular weight is 1430 g/mol. The summed E-state index contributed by atoms with van der Waals surface area (Å²) in [6.07, 6.45) is 0. The Labute approximate surface area is 540 Å². The van der Waals surface area contributed by atoms with E-state index in [1.165, 1.54) is 68.6 Å². The number of phenols is 1. The molecular weight excluding hydrogens is 1390 g/mol. The number of rotatable bonds is 28. The summed E-state index contributed by atoms with van der Waals surface area (Å²) in [5.74, 6) is -1.16. The number of nitrogens with zero attached hydrogens (tertiary/aromatic N) is 10. The highest BCUT2D eigenvalue weighted by Crippen LogP contribution is 2.46. The predicted molar refractivity (Wildman–Crippen MR) is 330 cm³/mol. The summed E-state index contributed by atoms with van der Waals surface area (Å²) in [5, 5.41) is 69.3. The van der Waals surface area contributed by atoms with Crippen LogP contribution in [0.5, 0.6) is 11.5 Å². The lowest BCUT2D eigenvalue weighted by atomic mass is 10.1. The standard InChI is InChI=1S/C47H44Cl2N16O21S6/c1-22(66)51-30-20-32(34(80-2)21-31(30)62-60-24-16-28-27(35(17-24)88-85-82-69)4-3-5-37(28)91(74,75)76)52-46-56-43(49)57-47(59-46)65-12-10-64(11-13-65)9-8-50-44-54-42(48)55-45(58-44)53-33-18-25(87-84-81-68)14-23-15-38(92(77,78)79)40(41(67)39(23)33)63-61-29-7-6-26(90(71,72)73)19-36(29)89-86-83-70/h3-7,14-21,61,63,67-70H,8-13H2,1-2H3,(H,51,66)(H,71,72,73)(H,74,75,76)(H,77,78,79)(H,52,56,57,59)(H2,50,53,54,55,58). The monoisotopic (exact) mass is 1430 g/mol. The van der Waals surface area contributed by atoms with E-state index in [1.807, 2.05) is 4.90 Å². The van der Waals surface area contributed by atoms with E-state index < -0.39 is 62.4 Å². The first-order valence-electron chi connectivity index (χ1n) is 25.3. The first-order valence-corrected chi connectivity index (χ1v) is 32.6. The van der Waals surface area contributed by atoms with Crippen molar-refractivity contribution in [2.24, 2.45) is 10.2 Å². The molecule has 0 unspecified atom stereocenters. The van der Waals surface area contributed by atoms with Crippen LogP contribution in [0.3, 0.4) is 0 Å². The number of ether oxygens (including phenoxy) is 1. The molecule has 2 aromatic heterocycles. The molecular formula is C47H44Cl2N16O21S6. The molecule has 1 aliphatic heterocycles. The fourth-order valence-corrected chi connectivity index (χ4v) is 12.6. The third kappa shape index (κ3) is 17.3. The van der Waals surface area contributed by atoms with Crippen molar-refractivity contribution in [2.45, 2.75) is 36.3 Å². The normalized spacial score (nSPS) is 13.2. The smallest absolute Gasteiger partial charge is 0.296 e. The zero-order chi connectivity index (χ0) is 66.1. The molecule has 1 saturated heterocycles. The van der Waals surface area contributed by atoms with Crippen LogP contribution >= 0.6 is 59.3 Å². The van der Waals surface area contributed by atoms with Crippen molar-refractivity contribution in [1.82, 2.24) is 34.8 Å². The number of methoxy groups -OCH3 is 1. The van der Waals surface area contributed by atoms with Gasteiger partial charge < -0.3 is 36.0 Å². The molecule has 1 amide bonds. The van der Waals surface area contributed by atoms with Gasteiger partial charge in [0.1, 0.15) is 26.9 Å². The highest BCUT2D eigenvalue weighted by Gasteiger charge is 2.27. The van der Waals surface area contributed by atoms with E-state index in [1.54, 1.807) is 0 Å². The Hall–Kier alpha value is -7.71. The largest absolute Gasteiger partial charge is 0.505 e. The first kappa shape index (κ1) is 68.7. The van der Waals surface area contributed by atoms with Gasteiger partial charge in [-0.1, -0.05) is 27.2 Å². The maximum Gasteiger partial charge on any atom is 0.296 e. The molecule has 0 saturated carbocycles. The van der Waals surface area contributed by atoms with Crippen LogP contribution in [0.2, 0.25) is 10.6 Å². The summed E-state index contributed by atoms with van der Waals surface area (Å²) in [4.78, 5) is 40.6. The molecule has 37 nitrogen and oxygen atoms in total. The molecule has 45 heteroatoms. The van der Waals surface area contributed by atoms with Crippen molar-refractivity contribution >= 4 is 181 Å². The average Bonchev–Trinajstić information content (AvgIpc) is 0.762. The van der Waals surface area contributed by atoms with Crippen LogP contribution in [0.25, 0.3) is 21.5 Å². The number of fused-ring (bicyclic) bond motifs is 2. The van der Waals surface area contributed by atoms with Gasteiger partial charge in [0.25, 0.3) is 30.4 Å². The van der Waals surface area contributed by atoms with Crippen LogP contribution in [0.1, 0.15) is 6.92 Å². The number of hydrazine groups is 1. The molecule has 0 aliphatic carbocycles. The molecule has 3 heterocycles. The van der Waals surface area contributed by atoms with E-state index in [0.29, 0.717) is 62.2 Å². The Bertz CT molecular complexity index is 4500. The van der Waals surface area contributed by atoms with Crippen molar-refractivity contribution in [3.05, 3.63) is 89.4 Å². The van der Waals surface area contributed by atoms with Crippen LogP contribution in [-0.2, 0) is 63.3 Å². The molecule has 8 aromatic rings. The minimum atomic E-state index is -5.18. The number of amides is 1. The molecule has 0 spiro atoms. The maximum absolute atomic E-state index is 12.8. The second kappa shape index (κ2) is 29.9. The molecule has 488 valence electrons. The summed E-state index contributed by atoms with van der Waals surface area (Å²) < 4.78 is 123. The summed E-state index contributed by atoms with van der Waals surface area (Å²) in [6, 6.07) is 16.3. The second-order valence-corrected chi connectivity index (χ2v) is 25.5. The number of aromatic hydroxyl groups is 1. The van der Waals surface area contributed by atoms with Gasteiger partial charge in [-0.25, -0.2) is 15.8 Å². The SMILES string of the molecule is COc1cc(N=Nc2cc(SOOO)c3cccc(S(=O)(=O)O)c3c2)c(NC(C)=O)cc1Nc1nc(Cl)nc(N2CCN(CCNc3nc(Cl)nc(Nc4cc(SOOO)cc5cc(S(=O)(=O)O)c(NNc6ccc(S(=O)(=O)O)cc6SOOO)c(O)c45)n3)CC2)n1. The molecule has 9 rings (SSSR count). The van der Waals surface area contributed by atoms with Gasteiger partial charge in [0, 0.05) is 72.8 Å². The molecule has 1 fully saturated rings. The van der Waals surface area contributed by atoms with Gasteiger partial charge in [0.05, 0.1) is 81.5 Å². The number of hydrogen-bond acceptors (Lipinski definition) is 36. The number of azo groups is 1. The Balaban J connectivity index is 0.880. The Morgan fingerprint density at radius 1 is 0.652 bits per heavy atom. The minimum absolute atomic E-state index is 0.00577. The predicted octanol–water partition coefficient (Wildman–Crippen LogP) is 8.94. The first-order chi connectivity index (χ1) is 43.8. The zero-order valence-electron chi connectivity index (χ0n) is 46.3. The van der Waals surface area contributed by atoms with E-state index in [2.05, 4.69) is 105 Å². The van der Waals surface area contributed by atoms with Crippen molar-refractivity contribution in [3.63, 3.8) is 0 Å². The van der Waals surface area contributed by atoms with E-state index in [9.17, 15) is 48.8 Å². The number of halogens is 2. The van der Waals surface area contributed by atoms with Crippen LogP contribution in [0, 0.1) is 0 Å². The Kier molecular flexibility index (Phi) is 22.3. The Morgan fingerprint density at radius 2 is 1.32 bits per heavy atom. The number of hydrogen-bond donors (Lipinski definition) is 13. The van der Waals surface area contributed by atoms with Gasteiger partial charge >= 0.3 is 0 Å². The number of anilines is 9. The quantitative estimate of drug-likeness (QED) is 0.00543. The maximum atomic E-state index is 12.8. The van der Waals surface area contributed by atoms with E-state index >= 15 is 0 Å². The number of carbonyl (C=O) groups is 1. The minimum Gasteiger partial charge on any atom is -0.505 e. The molecule has 6 aromatic carbocycles. The van der Waals surface area contributed by atoms with Crippen LogP contribution in [0.4, 0.5) is 63.6 Å². The molecule has 0 radical (unpaired) electrons. The van der Waals surface area contributed by atoms with Gasteiger partial charge in [-0.2, -0.15) is 60.3 Å². The van der Waals surface area contributed by atoms with Crippen molar-refractivity contribution in [2.75, 3.05) is 83.4 Å². The zero-order valence-corrected chi connectivity index (χ0v) is 52.7. The number of benzene rings is 6. The lowest BCUT2D eigenvalue weighted by Crippen LogP contribution is -2.48. The summed E-state index contributed by atoms with van der Waals surface area (Å²) >= 11 is 14.0. The molecule has 1 aliphatic rings. The van der Waals surface area contributed by atoms with E-state index in [-0.39, 0.29) is 124 Å². The third-order valence-corrected chi connectivity index (χ3v) is 17.4. The number of phenolic OH excluding ortho intramolecular Hbond substituents is 1. The Morgan fingerprint density at radius 3 is 1.99 bits per heavy atom. The fourth-order valence-electron chi connectivity index (χ4n) is 8.81. The van der Waals surface area contributed by atoms with Crippen molar-refractivity contribution in [1.29, 1.82) is 0 Å². The number of carbonyl (C=O) groups excluding carboxylic acids is 1. The van der Waals surface area contributed by atoms with Crippen LogP contribution < -0.4 is 41.8 Å². The van der Waals surface area contributed by atoms with Gasteiger partial charge in [-0.05, 0) is 94.6 Å². The third-order valence-electron chi connectivity index (χ3n) is 12.6. The van der Waals surface area contributed by atoms with E-state index in [4.69, 9.17) is 43.7 Å². The van der Waals surface area contributed by atoms with Gasteiger partial charge in [-0.15, -0.1) is 18.1 Å². The van der Waals surface area contributed by atoms with Crippen LogP contribution in [0.15, 0.2) is 118 Å². The second-order valence-electron chi connectivity index (χ2n) is 18.4. The number of aromatic nitrogens is 6. The van der Waals surface area contributed by atoms with E-state index in [0.717, 1.165) is 24.3 Å². The van der Waals surface area contributed by atoms with Crippen molar-refractivity contribution in [3.8, 4) is 11.5 Å². The lowest BCUT2D eigenvalue weighted by Gasteiger charge is -2.34. The summed E-state index contributed by atoms with van der Waals surface area (Å²) in [6.45, 7) is 3.82. The molecule has 92 heavy (non-hydrogen) atoms. The van der Waals surface area contributed by atoms with Gasteiger partial charge in [0.2, 0.25) is 40.3 Å². The fraction of sp³-hybridized carbons (Fsp3) is 0.170. The summed E-state index contributed by atoms with van der Waals surface area (Å²) in [5.41, 5.74) is 4.67. The van der Waals surface area contributed by atoms with Crippen molar-refractivity contribution < 1.29 is 97.4 Å². The lowest BCUT2D eigenvalue weighted by molar-refractivity contribution is -0.432.